The second-order valence-corrected chi connectivity index (χ2v) is 2.58. The van der Waals surface area contributed by atoms with E-state index in [0.29, 0.717) is 6.42 Å². The van der Waals surface area contributed by atoms with E-state index < -0.39 is 6.10 Å². The Morgan fingerprint density at radius 3 is 2.67 bits per heavy atom. The lowest BCUT2D eigenvalue weighted by molar-refractivity contribution is 0.190. The predicted octanol–water partition coefficient (Wildman–Crippen LogP) is 0.114. The van der Waals surface area contributed by atoms with Crippen molar-refractivity contribution < 1.29 is 5.11 Å². The number of nitrogens with zero attached hydrogens (tertiary/aromatic N) is 4. The first-order chi connectivity index (χ1) is 5.74. The van der Waals surface area contributed by atoms with Crippen molar-refractivity contribution in [2.75, 3.05) is 0 Å². The first-order valence-electron chi connectivity index (χ1n) is 3.67. The van der Waals surface area contributed by atoms with Crippen LogP contribution in [0.2, 0.25) is 0 Å². The Labute approximate surface area is 70.2 Å². The predicted molar refractivity (Wildman–Crippen MR) is 41.0 cm³/mol. The normalized spacial score (nSPS) is 15.1. The Kier molecular flexibility index (Phi) is 2.77. The van der Waals surface area contributed by atoms with Gasteiger partial charge in [-0.2, -0.15) is 20.3 Å². The number of rotatable bonds is 3. The van der Waals surface area contributed by atoms with E-state index in [9.17, 15) is 0 Å². The molecule has 0 spiro atoms. The zero-order valence-electron chi connectivity index (χ0n) is 6.75. The molecular formula is C7H10N4O. The lowest BCUT2D eigenvalue weighted by Crippen LogP contribution is -2.15. The first kappa shape index (κ1) is 8.68. The summed E-state index contributed by atoms with van der Waals surface area (Å²) in [5, 5.41) is 25.1. The number of nitriles is 1. The van der Waals surface area contributed by atoms with Gasteiger partial charge in [0.05, 0.1) is 24.5 Å². The van der Waals surface area contributed by atoms with Crippen molar-refractivity contribution in [3.05, 3.63) is 12.4 Å². The van der Waals surface area contributed by atoms with Crippen molar-refractivity contribution in [1.82, 2.24) is 15.0 Å². The highest BCUT2D eigenvalue weighted by molar-refractivity contribution is 4.83. The standard InChI is InChI=1S/C7H10N4O/c1-6(4-7(12)5-8)11-9-2-3-10-11/h2-3,6-7,12H,4H2,1H3. The molecule has 0 saturated carbocycles. The van der Waals surface area contributed by atoms with Gasteiger partial charge in [-0.15, -0.1) is 0 Å². The van der Waals surface area contributed by atoms with Crippen LogP contribution in [0.4, 0.5) is 0 Å². The maximum atomic E-state index is 9.00. The summed E-state index contributed by atoms with van der Waals surface area (Å²) in [5.74, 6) is 0. The Hall–Kier alpha value is -1.41. The summed E-state index contributed by atoms with van der Waals surface area (Å²) in [5.41, 5.74) is 0. The fourth-order valence-electron chi connectivity index (χ4n) is 0.924. The van der Waals surface area contributed by atoms with Gasteiger partial charge in [0, 0.05) is 6.42 Å². The van der Waals surface area contributed by atoms with Crippen LogP contribution in [0, 0.1) is 11.3 Å². The molecule has 0 aromatic carbocycles. The van der Waals surface area contributed by atoms with Gasteiger partial charge in [0.15, 0.2) is 0 Å². The number of aliphatic hydroxyl groups excluding tert-OH is 1. The summed E-state index contributed by atoms with van der Waals surface area (Å²) in [6, 6.07) is 1.70. The highest BCUT2D eigenvalue weighted by atomic mass is 16.3. The lowest BCUT2D eigenvalue weighted by Gasteiger charge is -2.10. The molecule has 2 unspecified atom stereocenters. The molecule has 1 rings (SSSR count). The molecule has 0 bridgehead atoms. The SMILES string of the molecule is CC(CC(O)C#N)n1nccn1. The third-order valence-electron chi connectivity index (χ3n) is 1.54. The van der Waals surface area contributed by atoms with Gasteiger partial charge < -0.3 is 5.11 Å². The number of aliphatic hydroxyl groups is 1. The first-order valence-corrected chi connectivity index (χ1v) is 3.67. The summed E-state index contributed by atoms with van der Waals surface area (Å²) in [7, 11) is 0. The number of hydrogen-bond donors (Lipinski definition) is 1. The van der Waals surface area contributed by atoms with Gasteiger partial charge in [0.1, 0.15) is 6.10 Å². The molecule has 1 aromatic rings. The maximum Gasteiger partial charge on any atom is 0.142 e. The Balaban J connectivity index is 2.51. The molecule has 5 heteroatoms. The molecule has 0 aliphatic heterocycles. The fourth-order valence-corrected chi connectivity index (χ4v) is 0.924. The van der Waals surface area contributed by atoms with Crippen molar-refractivity contribution in [1.29, 1.82) is 5.26 Å². The number of aromatic nitrogens is 3. The van der Waals surface area contributed by atoms with Crippen molar-refractivity contribution in [2.45, 2.75) is 25.5 Å². The average Bonchev–Trinajstić information content (AvgIpc) is 2.56. The Bertz CT molecular complexity index is 263. The lowest BCUT2D eigenvalue weighted by atomic mass is 10.2. The van der Waals surface area contributed by atoms with E-state index >= 15 is 0 Å². The molecule has 1 heterocycles. The van der Waals surface area contributed by atoms with E-state index in [0.717, 1.165) is 0 Å². The van der Waals surface area contributed by atoms with Crippen molar-refractivity contribution in [3.8, 4) is 6.07 Å². The third-order valence-corrected chi connectivity index (χ3v) is 1.54. The van der Waals surface area contributed by atoms with Crippen molar-refractivity contribution in [2.24, 2.45) is 0 Å². The summed E-state index contributed by atoms with van der Waals surface area (Å²) in [4.78, 5) is 1.47. The van der Waals surface area contributed by atoms with Crippen molar-refractivity contribution >= 4 is 0 Å². The quantitative estimate of drug-likeness (QED) is 0.647. The molecule has 0 aliphatic carbocycles. The maximum absolute atomic E-state index is 9.00. The van der Waals surface area contributed by atoms with E-state index in [1.54, 1.807) is 18.5 Å². The largest absolute Gasteiger partial charge is 0.378 e. The summed E-state index contributed by atoms with van der Waals surface area (Å²) < 4.78 is 0. The molecule has 0 aliphatic rings. The second kappa shape index (κ2) is 3.83. The molecule has 64 valence electrons. The molecular weight excluding hydrogens is 156 g/mol. The van der Waals surface area contributed by atoms with Gasteiger partial charge in [0.25, 0.3) is 0 Å². The van der Waals surface area contributed by atoms with Crippen LogP contribution in [-0.4, -0.2) is 26.2 Å². The topological polar surface area (TPSA) is 74.7 Å². The van der Waals surface area contributed by atoms with Crippen molar-refractivity contribution in [3.63, 3.8) is 0 Å². The van der Waals surface area contributed by atoms with E-state index in [1.165, 1.54) is 4.80 Å². The fraction of sp³-hybridized carbons (Fsp3) is 0.571. The van der Waals surface area contributed by atoms with Crippen LogP contribution < -0.4 is 0 Å². The summed E-state index contributed by atoms with van der Waals surface area (Å²) in [6.07, 6.45) is 2.54. The van der Waals surface area contributed by atoms with Gasteiger partial charge in [-0.1, -0.05) is 0 Å². The van der Waals surface area contributed by atoms with Crippen LogP contribution in [0.25, 0.3) is 0 Å². The minimum Gasteiger partial charge on any atom is -0.378 e. The number of hydrogen-bond acceptors (Lipinski definition) is 4. The second-order valence-electron chi connectivity index (χ2n) is 2.58. The monoisotopic (exact) mass is 166 g/mol. The third kappa shape index (κ3) is 2.04. The minimum absolute atomic E-state index is 0.0466. The molecule has 2 atom stereocenters. The smallest absolute Gasteiger partial charge is 0.142 e. The molecule has 0 fully saturated rings. The van der Waals surface area contributed by atoms with Gasteiger partial charge in [-0.05, 0) is 6.92 Å². The van der Waals surface area contributed by atoms with E-state index in [1.807, 2.05) is 6.92 Å². The van der Waals surface area contributed by atoms with Crippen LogP contribution in [0.15, 0.2) is 12.4 Å². The zero-order chi connectivity index (χ0) is 8.97. The van der Waals surface area contributed by atoms with Crippen LogP contribution in [0.3, 0.4) is 0 Å². The average molecular weight is 166 g/mol. The molecule has 1 aromatic heterocycles. The molecule has 12 heavy (non-hydrogen) atoms. The van der Waals surface area contributed by atoms with Gasteiger partial charge in [0.2, 0.25) is 0 Å². The van der Waals surface area contributed by atoms with Gasteiger partial charge in [-0.3, -0.25) is 0 Å². The van der Waals surface area contributed by atoms with Crippen LogP contribution in [0.1, 0.15) is 19.4 Å². The summed E-state index contributed by atoms with van der Waals surface area (Å²) >= 11 is 0. The minimum atomic E-state index is -0.939. The highest BCUT2D eigenvalue weighted by Gasteiger charge is 2.11. The van der Waals surface area contributed by atoms with E-state index in [2.05, 4.69) is 10.2 Å². The van der Waals surface area contributed by atoms with Crippen LogP contribution in [0.5, 0.6) is 0 Å². The Morgan fingerprint density at radius 1 is 1.58 bits per heavy atom. The van der Waals surface area contributed by atoms with E-state index in [4.69, 9.17) is 10.4 Å². The zero-order valence-corrected chi connectivity index (χ0v) is 6.75. The molecule has 0 radical (unpaired) electrons. The Morgan fingerprint density at radius 2 is 2.17 bits per heavy atom. The molecule has 1 N–H and O–H groups in total. The molecule has 0 amide bonds. The van der Waals surface area contributed by atoms with Crippen LogP contribution >= 0.6 is 0 Å². The van der Waals surface area contributed by atoms with E-state index in [-0.39, 0.29) is 6.04 Å². The summed E-state index contributed by atoms with van der Waals surface area (Å²) in [6.45, 7) is 1.85. The molecule has 0 saturated heterocycles. The highest BCUT2D eigenvalue weighted by Crippen LogP contribution is 2.08. The van der Waals surface area contributed by atoms with Crippen LogP contribution in [-0.2, 0) is 0 Å². The molecule has 5 nitrogen and oxygen atoms in total. The van der Waals surface area contributed by atoms with Gasteiger partial charge >= 0.3 is 0 Å². The van der Waals surface area contributed by atoms with Gasteiger partial charge in [-0.25, -0.2) is 0 Å².